The van der Waals surface area contributed by atoms with Gasteiger partial charge in [0.2, 0.25) is 0 Å². The molecule has 1 aliphatic rings. The van der Waals surface area contributed by atoms with Crippen LogP contribution in [0.4, 0.5) is 0 Å². The summed E-state index contributed by atoms with van der Waals surface area (Å²) in [6.45, 7) is 7.96. The van der Waals surface area contributed by atoms with E-state index in [9.17, 15) is 0 Å². The molecule has 0 radical (unpaired) electrons. The smallest absolute Gasteiger partial charge is 0.00160 e. The molecule has 1 saturated carbocycles. The maximum absolute atomic E-state index is 6.03. The Morgan fingerprint density at radius 2 is 1.76 bits per heavy atom. The van der Waals surface area contributed by atoms with Gasteiger partial charge in [-0.2, -0.15) is 0 Å². The summed E-state index contributed by atoms with van der Waals surface area (Å²) in [6, 6.07) is 0. The molecule has 2 heteroatoms. The minimum absolute atomic E-state index is 0.477. The quantitative estimate of drug-likeness (QED) is 0.740. The van der Waals surface area contributed by atoms with Crippen molar-refractivity contribution in [1.82, 2.24) is 4.90 Å². The largest absolute Gasteiger partial charge is 0.330 e. The summed E-state index contributed by atoms with van der Waals surface area (Å²) in [6.07, 6.45) is 9.55. The summed E-state index contributed by atoms with van der Waals surface area (Å²) in [4.78, 5) is 2.49. The van der Waals surface area contributed by atoms with E-state index in [1.54, 1.807) is 0 Å². The third-order valence-corrected chi connectivity index (χ3v) is 4.46. The van der Waals surface area contributed by atoms with E-state index in [0.717, 1.165) is 12.5 Å². The second kappa shape index (κ2) is 7.38. The molecular weight excluding hydrogens is 208 g/mol. The van der Waals surface area contributed by atoms with Crippen molar-refractivity contribution in [2.24, 2.45) is 17.1 Å². The molecule has 1 rings (SSSR count). The summed E-state index contributed by atoms with van der Waals surface area (Å²) >= 11 is 0. The number of hydrogen-bond donors (Lipinski definition) is 1. The molecule has 1 fully saturated rings. The topological polar surface area (TPSA) is 29.3 Å². The normalized spacial score (nSPS) is 20.1. The lowest BCUT2D eigenvalue weighted by Gasteiger charge is -2.37. The third kappa shape index (κ3) is 5.39. The third-order valence-electron chi connectivity index (χ3n) is 4.46. The first-order chi connectivity index (χ1) is 8.08. The number of nitrogens with two attached hydrogens (primary N) is 1. The fraction of sp³-hybridized carbons (Fsp3) is 1.00. The minimum atomic E-state index is 0.477. The molecule has 17 heavy (non-hydrogen) atoms. The maximum atomic E-state index is 6.03. The Balaban J connectivity index is 2.26. The van der Waals surface area contributed by atoms with Gasteiger partial charge < -0.3 is 10.6 Å². The van der Waals surface area contributed by atoms with E-state index in [2.05, 4.69) is 25.8 Å². The zero-order chi connectivity index (χ0) is 12.7. The van der Waals surface area contributed by atoms with Crippen molar-refractivity contribution in [2.75, 3.05) is 26.7 Å². The average molecular weight is 240 g/mol. The van der Waals surface area contributed by atoms with Gasteiger partial charge >= 0.3 is 0 Å². The Morgan fingerprint density at radius 3 is 2.29 bits per heavy atom. The van der Waals surface area contributed by atoms with Gasteiger partial charge in [-0.15, -0.1) is 0 Å². The molecule has 0 atom stereocenters. The number of nitrogens with zero attached hydrogens (tertiary/aromatic N) is 1. The van der Waals surface area contributed by atoms with Crippen molar-refractivity contribution in [1.29, 1.82) is 0 Å². The van der Waals surface area contributed by atoms with E-state index in [1.165, 1.54) is 58.0 Å². The van der Waals surface area contributed by atoms with Crippen LogP contribution in [-0.2, 0) is 0 Å². The van der Waals surface area contributed by atoms with E-state index < -0.39 is 0 Å². The molecule has 0 heterocycles. The predicted molar refractivity (Wildman–Crippen MR) is 76.1 cm³/mol. The molecule has 0 amide bonds. The summed E-state index contributed by atoms with van der Waals surface area (Å²) in [5.41, 5.74) is 6.50. The van der Waals surface area contributed by atoms with E-state index in [4.69, 9.17) is 5.73 Å². The van der Waals surface area contributed by atoms with Gasteiger partial charge in [-0.25, -0.2) is 0 Å². The average Bonchev–Trinajstić information content (AvgIpc) is 2.35. The molecule has 2 N–H and O–H groups in total. The molecule has 0 aromatic carbocycles. The van der Waals surface area contributed by atoms with Crippen molar-refractivity contribution in [3.8, 4) is 0 Å². The first-order valence-electron chi connectivity index (χ1n) is 7.47. The molecular formula is C15H32N2. The lowest BCUT2D eigenvalue weighted by molar-refractivity contribution is 0.154. The van der Waals surface area contributed by atoms with Crippen LogP contribution in [0.15, 0.2) is 0 Å². The zero-order valence-electron chi connectivity index (χ0n) is 12.2. The Labute approximate surface area is 108 Å². The van der Waals surface area contributed by atoms with Gasteiger partial charge in [0, 0.05) is 0 Å². The molecule has 1 aliphatic carbocycles. The number of hydrogen-bond acceptors (Lipinski definition) is 2. The standard InChI is InChI=1S/C15H32N2/c1-14(2)7-11-17(3)12-10-15(13-16)8-5-4-6-9-15/h14H,4-13,16H2,1-3H3. The van der Waals surface area contributed by atoms with Crippen LogP contribution in [0.5, 0.6) is 0 Å². The van der Waals surface area contributed by atoms with Crippen LogP contribution in [0, 0.1) is 11.3 Å². The highest BCUT2D eigenvalue weighted by molar-refractivity contribution is 4.84. The van der Waals surface area contributed by atoms with Gasteiger partial charge in [0.05, 0.1) is 0 Å². The fourth-order valence-corrected chi connectivity index (χ4v) is 2.88. The lowest BCUT2D eigenvalue weighted by Crippen LogP contribution is -2.36. The van der Waals surface area contributed by atoms with Crippen LogP contribution < -0.4 is 5.73 Å². The van der Waals surface area contributed by atoms with Gasteiger partial charge in [0.15, 0.2) is 0 Å². The SMILES string of the molecule is CC(C)CCN(C)CCC1(CN)CCCCC1. The summed E-state index contributed by atoms with van der Waals surface area (Å²) < 4.78 is 0. The van der Waals surface area contributed by atoms with Crippen LogP contribution in [0.3, 0.4) is 0 Å². The Hall–Kier alpha value is -0.0800. The molecule has 0 aliphatic heterocycles. The Morgan fingerprint density at radius 1 is 1.12 bits per heavy atom. The van der Waals surface area contributed by atoms with Crippen LogP contribution in [0.1, 0.15) is 58.8 Å². The highest BCUT2D eigenvalue weighted by Crippen LogP contribution is 2.38. The zero-order valence-corrected chi connectivity index (χ0v) is 12.2. The molecule has 0 saturated heterocycles. The van der Waals surface area contributed by atoms with E-state index in [1.807, 2.05) is 0 Å². The lowest BCUT2D eigenvalue weighted by atomic mass is 9.72. The van der Waals surface area contributed by atoms with Crippen LogP contribution >= 0.6 is 0 Å². The van der Waals surface area contributed by atoms with Gasteiger partial charge in [-0.1, -0.05) is 33.1 Å². The molecule has 102 valence electrons. The molecule has 0 bridgehead atoms. The monoisotopic (exact) mass is 240 g/mol. The van der Waals surface area contributed by atoms with Crippen LogP contribution in [0.2, 0.25) is 0 Å². The Kier molecular flexibility index (Phi) is 6.50. The Bertz CT molecular complexity index is 195. The summed E-state index contributed by atoms with van der Waals surface area (Å²) in [5.74, 6) is 0.815. The minimum Gasteiger partial charge on any atom is -0.330 e. The van der Waals surface area contributed by atoms with Crippen molar-refractivity contribution in [2.45, 2.75) is 58.8 Å². The van der Waals surface area contributed by atoms with Crippen LogP contribution in [0.25, 0.3) is 0 Å². The van der Waals surface area contributed by atoms with Crippen molar-refractivity contribution < 1.29 is 0 Å². The molecule has 0 unspecified atom stereocenters. The van der Waals surface area contributed by atoms with Gasteiger partial charge in [0.25, 0.3) is 0 Å². The molecule has 0 spiro atoms. The van der Waals surface area contributed by atoms with Crippen molar-refractivity contribution in [3.05, 3.63) is 0 Å². The highest BCUT2D eigenvalue weighted by atomic mass is 15.1. The first kappa shape index (κ1) is 15.0. The van der Waals surface area contributed by atoms with E-state index in [-0.39, 0.29) is 0 Å². The number of rotatable bonds is 7. The predicted octanol–water partition coefficient (Wildman–Crippen LogP) is 3.26. The van der Waals surface area contributed by atoms with E-state index >= 15 is 0 Å². The molecule has 0 aromatic heterocycles. The van der Waals surface area contributed by atoms with Crippen LogP contribution in [-0.4, -0.2) is 31.6 Å². The van der Waals surface area contributed by atoms with Crippen molar-refractivity contribution >= 4 is 0 Å². The second-order valence-corrected chi connectivity index (χ2v) is 6.50. The van der Waals surface area contributed by atoms with E-state index in [0.29, 0.717) is 5.41 Å². The summed E-state index contributed by atoms with van der Waals surface area (Å²) in [5, 5.41) is 0. The van der Waals surface area contributed by atoms with Gasteiger partial charge in [-0.3, -0.25) is 0 Å². The van der Waals surface area contributed by atoms with Gasteiger partial charge in [-0.05, 0) is 63.7 Å². The summed E-state index contributed by atoms with van der Waals surface area (Å²) in [7, 11) is 2.26. The molecule has 2 nitrogen and oxygen atoms in total. The highest BCUT2D eigenvalue weighted by Gasteiger charge is 2.30. The second-order valence-electron chi connectivity index (χ2n) is 6.50. The van der Waals surface area contributed by atoms with Crippen molar-refractivity contribution in [3.63, 3.8) is 0 Å². The van der Waals surface area contributed by atoms with Gasteiger partial charge in [0.1, 0.15) is 0 Å². The first-order valence-corrected chi connectivity index (χ1v) is 7.47. The maximum Gasteiger partial charge on any atom is -0.00160 e. The molecule has 0 aromatic rings. The fourth-order valence-electron chi connectivity index (χ4n) is 2.88.